The number of allylic oxidation sites excluding steroid dienone is 1. The van der Waals surface area contributed by atoms with Gasteiger partial charge in [0.1, 0.15) is 0 Å². The second-order valence-electron chi connectivity index (χ2n) is 5.85. The van der Waals surface area contributed by atoms with Gasteiger partial charge in [0.05, 0.1) is 0 Å². The number of nitrogens with zero attached hydrogens (tertiary/aromatic N) is 1. The molecule has 1 N–H and O–H groups in total. The van der Waals surface area contributed by atoms with Gasteiger partial charge in [-0.15, -0.1) is 0 Å². The molecule has 1 aromatic heterocycles. The first-order valence-corrected chi connectivity index (χ1v) is 7.15. The van der Waals surface area contributed by atoms with Gasteiger partial charge >= 0.3 is 0 Å². The minimum absolute atomic E-state index is 0.554. The minimum Gasteiger partial charge on any atom is -0.355 e. The van der Waals surface area contributed by atoms with Gasteiger partial charge < -0.3 is 9.88 Å². The van der Waals surface area contributed by atoms with Crippen molar-refractivity contribution in [3.05, 3.63) is 41.6 Å². The number of H-pyrrole nitrogens is 1. The molecule has 0 fully saturated rings. The SMILES string of the molecule is CC(C)/C1=C/CN(C)CCc2c1[nH]c1ccccc21. The molecule has 0 amide bonds. The van der Waals surface area contributed by atoms with E-state index in [9.17, 15) is 0 Å². The van der Waals surface area contributed by atoms with Crippen molar-refractivity contribution in [3.63, 3.8) is 0 Å². The zero-order chi connectivity index (χ0) is 13.4. The molecule has 0 unspecified atom stereocenters. The standard InChI is InChI=1S/C17H22N2/c1-12(2)13-8-10-19(3)11-9-15-14-6-4-5-7-16(14)18-17(13)15/h4-8,12,18H,9-11H2,1-3H3/b13-8-. The smallest absolute Gasteiger partial charge is 0.0461 e. The molecule has 0 saturated heterocycles. The summed E-state index contributed by atoms with van der Waals surface area (Å²) in [5.41, 5.74) is 5.58. The summed E-state index contributed by atoms with van der Waals surface area (Å²) in [5, 5.41) is 1.39. The summed E-state index contributed by atoms with van der Waals surface area (Å²) in [4.78, 5) is 6.04. The van der Waals surface area contributed by atoms with Crippen LogP contribution in [0, 0.1) is 5.92 Å². The van der Waals surface area contributed by atoms with Gasteiger partial charge in [-0.25, -0.2) is 0 Å². The van der Waals surface area contributed by atoms with Crippen molar-refractivity contribution in [2.24, 2.45) is 5.92 Å². The maximum atomic E-state index is 3.64. The average Bonchev–Trinajstić information content (AvgIpc) is 2.72. The number of hydrogen-bond acceptors (Lipinski definition) is 1. The van der Waals surface area contributed by atoms with Gasteiger partial charge in [0.15, 0.2) is 0 Å². The molecule has 100 valence electrons. The molecule has 19 heavy (non-hydrogen) atoms. The summed E-state index contributed by atoms with van der Waals surface area (Å²) < 4.78 is 0. The Morgan fingerprint density at radius 2 is 2.00 bits per heavy atom. The second-order valence-corrected chi connectivity index (χ2v) is 5.85. The Hall–Kier alpha value is -1.54. The van der Waals surface area contributed by atoms with Crippen LogP contribution in [0.3, 0.4) is 0 Å². The van der Waals surface area contributed by atoms with Crippen molar-refractivity contribution < 1.29 is 0 Å². The third-order valence-electron chi connectivity index (χ3n) is 4.09. The number of nitrogens with one attached hydrogen (secondary N) is 1. The van der Waals surface area contributed by atoms with Gasteiger partial charge in [-0.2, -0.15) is 0 Å². The van der Waals surface area contributed by atoms with Crippen molar-refractivity contribution >= 4 is 16.5 Å². The van der Waals surface area contributed by atoms with E-state index in [2.05, 4.69) is 61.1 Å². The van der Waals surface area contributed by atoms with Crippen LogP contribution in [0.2, 0.25) is 0 Å². The van der Waals surface area contributed by atoms with Crippen molar-refractivity contribution in [1.29, 1.82) is 0 Å². The fourth-order valence-electron chi connectivity index (χ4n) is 2.98. The molecule has 0 radical (unpaired) electrons. The number of aromatic amines is 1. The number of rotatable bonds is 1. The summed E-state index contributed by atoms with van der Waals surface area (Å²) in [6.45, 7) is 6.73. The number of para-hydroxylation sites is 1. The highest BCUT2D eigenvalue weighted by molar-refractivity contribution is 5.89. The Balaban J connectivity index is 2.22. The van der Waals surface area contributed by atoms with E-state index in [0.717, 1.165) is 19.5 Å². The highest BCUT2D eigenvalue weighted by Gasteiger charge is 2.19. The summed E-state index contributed by atoms with van der Waals surface area (Å²) in [6, 6.07) is 8.67. The summed E-state index contributed by atoms with van der Waals surface area (Å²) in [7, 11) is 2.20. The lowest BCUT2D eigenvalue weighted by Gasteiger charge is -2.21. The van der Waals surface area contributed by atoms with Gasteiger partial charge in [0, 0.05) is 29.7 Å². The number of fused-ring (bicyclic) bond motifs is 3. The van der Waals surface area contributed by atoms with Crippen molar-refractivity contribution in [1.82, 2.24) is 9.88 Å². The van der Waals surface area contributed by atoms with Gasteiger partial charge in [-0.1, -0.05) is 38.1 Å². The van der Waals surface area contributed by atoms with E-state index in [-0.39, 0.29) is 0 Å². The van der Waals surface area contributed by atoms with Gasteiger partial charge in [0.2, 0.25) is 0 Å². The molecule has 0 aliphatic carbocycles. The molecule has 2 nitrogen and oxygen atoms in total. The van der Waals surface area contributed by atoms with Crippen LogP contribution in [0.4, 0.5) is 0 Å². The van der Waals surface area contributed by atoms with Crippen molar-refractivity contribution in [3.8, 4) is 0 Å². The van der Waals surface area contributed by atoms with Crippen LogP contribution in [0.1, 0.15) is 25.1 Å². The van der Waals surface area contributed by atoms with E-state index in [0.29, 0.717) is 5.92 Å². The third-order valence-corrected chi connectivity index (χ3v) is 4.09. The van der Waals surface area contributed by atoms with Gasteiger partial charge in [-0.3, -0.25) is 0 Å². The Labute approximate surface area is 115 Å². The van der Waals surface area contributed by atoms with E-state index < -0.39 is 0 Å². The van der Waals surface area contributed by atoms with E-state index in [1.807, 2.05) is 0 Å². The second kappa shape index (κ2) is 4.86. The molecule has 0 atom stereocenters. The van der Waals surface area contributed by atoms with Crippen LogP contribution >= 0.6 is 0 Å². The average molecular weight is 254 g/mol. The molecular weight excluding hydrogens is 232 g/mol. The highest BCUT2D eigenvalue weighted by atomic mass is 15.1. The molecular formula is C17H22N2. The van der Waals surface area contributed by atoms with E-state index in [1.165, 1.54) is 27.7 Å². The number of likely N-dealkylation sites (N-methyl/N-ethyl adjacent to an activating group) is 1. The zero-order valence-electron chi connectivity index (χ0n) is 12.0. The van der Waals surface area contributed by atoms with Gasteiger partial charge in [-0.05, 0) is 36.6 Å². The van der Waals surface area contributed by atoms with Crippen LogP contribution < -0.4 is 0 Å². The molecule has 2 heterocycles. The van der Waals surface area contributed by atoms with Crippen LogP contribution in [-0.4, -0.2) is 30.0 Å². The van der Waals surface area contributed by atoms with E-state index in [1.54, 1.807) is 0 Å². The largest absolute Gasteiger partial charge is 0.355 e. The lowest BCUT2D eigenvalue weighted by molar-refractivity contribution is 0.373. The predicted molar refractivity (Wildman–Crippen MR) is 82.3 cm³/mol. The molecule has 0 saturated carbocycles. The fourth-order valence-corrected chi connectivity index (χ4v) is 2.98. The Bertz CT molecular complexity index is 619. The Morgan fingerprint density at radius 3 is 2.79 bits per heavy atom. The predicted octanol–water partition coefficient (Wildman–Crippen LogP) is 3.70. The molecule has 0 bridgehead atoms. The van der Waals surface area contributed by atoms with E-state index in [4.69, 9.17) is 0 Å². The Kier molecular flexibility index (Phi) is 3.19. The lowest BCUT2D eigenvalue weighted by atomic mass is 9.93. The van der Waals surface area contributed by atoms with Crippen molar-refractivity contribution in [2.75, 3.05) is 20.1 Å². The minimum atomic E-state index is 0.554. The monoisotopic (exact) mass is 254 g/mol. The highest BCUT2D eigenvalue weighted by Crippen LogP contribution is 2.32. The molecule has 2 aromatic rings. The molecule has 3 rings (SSSR count). The number of aromatic nitrogens is 1. The number of benzene rings is 1. The quantitative estimate of drug-likeness (QED) is 0.822. The molecule has 2 heteroatoms. The van der Waals surface area contributed by atoms with E-state index >= 15 is 0 Å². The number of hydrogen-bond donors (Lipinski definition) is 1. The maximum absolute atomic E-state index is 3.64. The van der Waals surface area contributed by atoms with Gasteiger partial charge in [0.25, 0.3) is 0 Å². The summed E-state index contributed by atoms with van der Waals surface area (Å²) in [6.07, 6.45) is 3.51. The van der Waals surface area contributed by atoms with Crippen LogP contribution in [0.15, 0.2) is 30.3 Å². The maximum Gasteiger partial charge on any atom is 0.0461 e. The first-order chi connectivity index (χ1) is 9.16. The van der Waals surface area contributed by atoms with Crippen LogP contribution in [0.5, 0.6) is 0 Å². The lowest BCUT2D eigenvalue weighted by Crippen LogP contribution is -2.23. The zero-order valence-corrected chi connectivity index (χ0v) is 12.0. The fraction of sp³-hybridized carbons (Fsp3) is 0.412. The third kappa shape index (κ3) is 2.21. The normalized spacial score (nSPS) is 19.9. The summed E-state index contributed by atoms with van der Waals surface area (Å²) in [5.74, 6) is 0.554. The van der Waals surface area contributed by atoms with Crippen LogP contribution in [-0.2, 0) is 6.42 Å². The van der Waals surface area contributed by atoms with Crippen LogP contribution in [0.25, 0.3) is 16.5 Å². The first kappa shape index (κ1) is 12.5. The molecule has 1 aliphatic heterocycles. The molecule has 1 aliphatic rings. The van der Waals surface area contributed by atoms with Crippen molar-refractivity contribution in [2.45, 2.75) is 20.3 Å². The topological polar surface area (TPSA) is 19.0 Å². The summed E-state index contributed by atoms with van der Waals surface area (Å²) >= 11 is 0. The molecule has 1 aromatic carbocycles. The Morgan fingerprint density at radius 1 is 1.21 bits per heavy atom. The first-order valence-electron chi connectivity index (χ1n) is 7.15. The molecule has 0 spiro atoms.